The van der Waals surface area contributed by atoms with Gasteiger partial charge in [-0.05, 0) is 19.9 Å². The number of hydrogen-bond donors (Lipinski definition) is 3. The van der Waals surface area contributed by atoms with Crippen molar-refractivity contribution in [3.63, 3.8) is 0 Å². The summed E-state index contributed by atoms with van der Waals surface area (Å²) in [5.74, 6) is -0.690. The summed E-state index contributed by atoms with van der Waals surface area (Å²) in [7, 11) is 0. The van der Waals surface area contributed by atoms with Gasteiger partial charge >= 0.3 is 5.97 Å². The first-order valence-corrected chi connectivity index (χ1v) is 4.40. The van der Waals surface area contributed by atoms with Crippen LogP contribution in [0, 0.1) is 0 Å². The van der Waals surface area contributed by atoms with E-state index in [0.29, 0.717) is 0 Å². The van der Waals surface area contributed by atoms with E-state index in [1.54, 1.807) is 0 Å². The first-order chi connectivity index (χ1) is 6.43. The first-order valence-electron chi connectivity index (χ1n) is 4.40. The molecule has 1 heterocycles. The number of cyclic esters (lactones) is 1. The average Bonchev–Trinajstić information content (AvgIpc) is 2.46. The van der Waals surface area contributed by atoms with Crippen molar-refractivity contribution in [3.05, 3.63) is 11.6 Å². The maximum atomic E-state index is 11.2. The average molecular weight is 202 g/mol. The topological polar surface area (TPSA) is 87.0 Å². The van der Waals surface area contributed by atoms with Crippen LogP contribution in [0.1, 0.15) is 13.8 Å². The largest absolute Gasteiger partial charge is 0.452 e. The van der Waals surface area contributed by atoms with Crippen molar-refractivity contribution >= 4 is 5.97 Å². The summed E-state index contributed by atoms with van der Waals surface area (Å²) in [4.78, 5) is 11.2. The van der Waals surface area contributed by atoms with Gasteiger partial charge in [0.1, 0.15) is 12.2 Å². The predicted octanol–water partition coefficient (Wildman–Crippen LogP) is -1.04. The molecule has 0 aromatic heterocycles. The Morgan fingerprint density at radius 2 is 1.93 bits per heavy atom. The van der Waals surface area contributed by atoms with Gasteiger partial charge in [0.25, 0.3) is 0 Å². The van der Waals surface area contributed by atoms with Crippen LogP contribution in [0.2, 0.25) is 0 Å². The molecule has 5 nitrogen and oxygen atoms in total. The maximum Gasteiger partial charge on any atom is 0.337 e. The summed E-state index contributed by atoms with van der Waals surface area (Å²) in [5, 5.41) is 27.6. The van der Waals surface area contributed by atoms with Crippen LogP contribution in [0.15, 0.2) is 11.6 Å². The summed E-state index contributed by atoms with van der Waals surface area (Å²) in [6, 6.07) is 0. The normalized spacial score (nSPS) is 27.9. The molecular formula is C9H14O5. The molecule has 0 radical (unpaired) electrons. The highest BCUT2D eigenvalue weighted by Crippen LogP contribution is 2.20. The Hall–Kier alpha value is -0.910. The number of rotatable bonds is 3. The molecule has 0 saturated carbocycles. The molecule has 0 saturated heterocycles. The second-order valence-corrected chi connectivity index (χ2v) is 3.42. The highest BCUT2D eigenvalue weighted by molar-refractivity contribution is 5.92. The standard InChI is InChI=1S/C9H14O5/c1-4(10)7-3-6(9(13)14-7)8(12)5(2)11/h3-5,7-8,10-12H,1-2H3/t4-,5-,7+,8-/m0/s1. The molecule has 0 aromatic rings. The van der Waals surface area contributed by atoms with Crippen molar-refractivity contribution < 1.29 is 24.9 Å². The van der Waals surface area contributed by atoms with Gasteiger partial charge in [0, 0.05) is 0 Å². The van der Waals surface area contributed by atoms with Crippen LogP contribution < -0.4 is 0 Å². The Balaban J connectivity index is 2.78. The Labute approximate surface area is 81.6 Å². The van der Waals surface area contributed by atoms with E-state index in [1.807, 2.05) is 0 Å². The second-order valence-electron chi connectivity index (χ2n) is 3.42. The van der Waals surface area contributed by atoms with Gasteiger partial charge in [0.05, 0.1) is 17.8 Å². The fourth-order valence-corrected chi connectivity index (χ4v) is 1.19. The SMILES string of the molecule is C[C@H](O)[C@H](O)C1=C[C@H]([C@H](C)O)OC1=O. The second kappa shape index (κ2) is 4.08. The lowest BCUT2D eigenvalue weighted by Crippen LogP contribution is -2.27. The minimum atomic E-state index is -1.26. The van der Waals surface area contributed by atoms with Crippen molar-refractivity contribution in [2.75, 3.05) is 0 Å². The number of esters is 1. The molecule has 0 unspecified atom stereocenters. The third kappa shape index (κ3) is 2.12. The van der Waals surface area contributed by atoms with Crippen LogP contribution >= 0.6 is 0 Å². The summed E-state index contributed by atoms with van der Waals surface area (Å²) >= 11 is 0. The lowest BCUT2D eigenvalue weighted by Gasteiger charge is -2.12. The van der Waals surface area contributed by atoms with Gasteiger partial charge in [-0.1, -0.05) is 0 Å². The molecular weight excluding hydrogens is 188 g/mol. The Kier molecular flexibility index (Phi) is 3.25. The van der Waals surface area contributed by atoms with Crippen molar-refractivity contribution in [2.45, 2.75) is 38.3 Å². The molecule has 0 spiro atoms. The van der Waals surface area contributed by atoms with E-state index in [0.717, 1.165) is 0 Å². The summed E-state index contributed by atoms with van der Waals surface area (Å²) in [6.07, 6.45) is -2.51. The van der Waals surface area contributed by atoms with Gasteiger partial charge in [0.15, 0.2) is 0 Å². The van der Waals surface area contributed by atoms with E-state index >= 15 is 0 Å². The van der Waals surface area contributed by atoms with Crippen LogP contribution in [-0.4, -0.2) is 45.7 Å². The Bertz CT molecular complexity index is 256. The first kappa shape index (κ1) is 11.2. The zero-order chi connectivity index (χ0) is 10.9. The van der Waals surface area contributed by atoms with Crippen molar-refractivity contribution in [1.82, 2.24) is 0 Å². The molecule has 1 aliphatic heterocycles. The third-order valence-electron chi connectivity index (χ3n) is 2.07. The van der Waals surface area contributed by atoms with Gasteiger partial charge in [-0.15, -0.1) is 0 Å². The molecule has 0 amide bonds. The van der Waals surface area contributed by atoms with E-state index < -0.39 is 30.4 Å². The molecule has 4 atom stereocenters. The molecule has 1 rings (SSSR count). The number of carbonyl (C=O) groups excluding carboxylic acids is 1. The molecule has 0 aromatic carbocycles. The Morgan fingerprint density at radius 1 is 1.36 bits per heavy atom. The molecule has 0 bridgehead atoms. The van der Waals surface area contributed by atoms with Crippen LogP contribution in [0.5, 0.6) is 0 Å². The smallest absolute Gasteiger partial charge is 0.337 e. The van der Waals surface area contributed by atoms with E-state index in [1.165, 1.54) is 19.9 Å². The number of aliphatic hydroxyl groups is 3. The highest BCUT2D eigenvalue weighted by Gasteiger charge is 2.34. The summed E-state index contributed by atoms with van der Waals surface area (Å²) in [5.41, 5.74) is 0.00546. The van der Waals surface area contributed by atoms with Gasteiger partial charge in [-0.25, -0.2) is 4.79 Å². The van der Waals surface area contributed by atoms with E-state index in [4.69, 9.17) is 14.9 Å². The predicted molar refractivity (Wildman–Crippen MR) is 47.3 cm³/mol. The lowest BCUT2D eigenvalue weighted by molar-refractivity contribution is -0.144. The molecule has 3 N–H and O–H groups in total. The van der Waals surface area contributed by atoms with Gasteiger partial charge in [0.2, 0.25) is 0 Å². The van der Waals surface area contributed by atoms with Crippen molar-refractivity contribution in [2.24, 2.45) is 0 Å². The Morgan fingerprint density at radius 3 is 2.29 bits per heavy atom. The van der Waals surface area contributed by atoms with E-state index in [9.17, 15) is 9.90 Å². The molecule has 0 fully saturated rings. The van der Waals surface area contributed by atoms with E-state index in [2.05, 4.69) is 0 Å². The fourth-order valence-electron chi connectivity index (χ4n) is 1.19. The molecule has 5 heteroatoms. The van der Waals surface area contributed by atoms with Crippen LogP contribution in [-0.2, 0) is 9.53 Å². The highest BCUT2D eigenvalue weighted by atomic mass is 16.6. The summed E-state index contributed by atoms with van der Waals surface area (Å²) < 4.78 is 4.75. The van der Waals surface area contributed by atoms with Crippen molar-refractivity contribution in [3.8, 4) is 0 Å². The van der Waals surface area contributed by atoms with Crippen LogP contribution in [0.4, 0.5) is 0 Å². The zero-order valence-electron chi connectivity index (χ0n) is 8.04. The fraction of sp³-hybridized carbons (Fsp3) is 0.667. The van der Waals surface area contributed by atoms with E-state index in [-0.39, 0.29) is 5.57 Å². The van der Waals surface area contributed by atoms with Crippen LogP contribution in [0.3, 0.4) is 0 Å². The molecule has 1 aliphatic rings. The number of aliphatic hydroxyl groups excluding tert-OH is 3. The lowest BCUT2D eigenvalue weighted by atomic mass is 10.0. The summed E-state index contributed by atoms with van der Waals surface area (Å²) in [6.45, 7) is 2.85. The molecule has 14 heavy (non-hydrogen) atoms. The molecule has 0 aliphatic carbocycles. The molecule has 80 valence electrons. The third-order valence-corrected chi connectivity index (χ3v) is 2.07. The number of carbonyl (C=O) groups is 1. The minimum Gasteiger partial charge on any atom is -0.452 e. The monoisotopic (exact) mass is 202 g/mol. The number of hydrogen-bond acceptors (Lipinski definition) is 5. The maximum absolute atomic E-state index is 11.2. The van der Waals surface area contributed by atoms with Gasteiger partial charge in [-0.3, -0.25) is 0 Å². The van der Waals surface area contributed by atoms with Crippen molar-refractivity contribution in [1.29, 1.82) is 0 Å². The zero-order valence-corrected chi connectivity index (χ0v) is 8.04. The quantitative estimate of drug-likeness (QED) is 0.509. The minimum absolute atomic E-state index is 0.00546. The number of ether oxygens (including phenoxy) is 1. The van der Waals surface area contributed by atoms with Gasteiger partial charge in [-0.2, -0.15) is 0 Å². The van der Waals surface area contributed by atoms with Crippen LogP contribution in [0.25, 0.3) is 0 Å². The van der Waals surface area contributed by atoms with Gasteiger partial charge < -0.3 is 20.1 Å².